The SMILES string of the molecule is CC[PH+](CC)c1ccc(-c2cccs2)s1.CC[PH+](CC)c1ccc(-c2cccs2)s1.CC[PH+](CC)c1ccc(-c2cccs2)s1.CC[PH+](CC)c1ccc(-c2cccs2)s1.CC[PH+](CC)c1ccc(-c2cccs2)s1.CC[PH+](CC)c1ccc(-c2cccs2)s1.[S-2].[S-2].[S-2].[S-2].[S-2].[S-2].[S-2].[S-2].[W+2].[W+2].[W].[W].[W].[W]. The number of hydrogen-bond acceptors (Lipinski definition) is 12. The Balaban J connectivity index is -0.000000173. The molecule has 12 heterocycles. The van der Waals surface area contributed by atoms with E-state index in [9.17, 15) is 0 Å². The molecule has 0 spiro atoms. The van der Waals surface area contributed by atoms with Crippen LogP contribution < -0.4 is 27.7 Å². The van der Waals surface area contributed by atoms with Gasteiger partial charge in [0.2, 0.25) is 0 Å². The van der Waals surface area contributed by atoms with Crippen molar-refractivity contribution in [3.63, 3.8) is 0 Å². The van der Waals surface area contributed by atoms with Gasteiger partial charge in [-0.1, -0.05) is 104 Å². The Morgan fingerprint density at radius 3 is 0.385 bits per heavy atom. The maximum atomic E-state index is 2.35. The first-order valence-corrected chi connectivity index (χ1v) is 53.7. The largest absolute Gasteiger partial charge is 2.00 e. The Hall–Kier alpha value is 5.91. The number of rotatable bonds is 24. The van der Waals surface area contributed by atoms with Gasteiger partial charge in [0, 0.05) is 190 Å². The maximum Gasteiger partial charge on any atom is 2.00 e. The molecule has 0 bridgehead atoms. The predicted molar refractivity (Wildman–Crippen MR) is 519 cm³/mol. The van der Waals surface area contributed by atoms with Gasteiger partial charge in [0.05, 0.1) is 73.9 Å². The Labute approximate surface area is 825 Å². The molecule has 0 amide bonds. The van der Waals surface area contributed by atoms with E-state index in [1.165, 1.54) is 132 Å². The summed E-state index contributed by atoms with van der Waals surface area (Å²) in [6.45, 7) is 27.9. The third-order valence-electron chi connectivity index (χ3n) is 15.4. The van der Waals surface area contributed by atoms with Crippen molar-refractivity contribution < 1.29 is 126 Å². The van der Waals surface area contributed by atoms with Crippen LogP contribution in [-0.2, 0) is 234 Å². The fourth-order valence-electron chi connectivity index (χ4n) is 10.1. The van der Waals surface area contributed by atoms with Crippen molar-refractivity contribution in [2.24, 2.45) is 0 Å². The van der Waals surface area contributed by atoms with Gasteiger partial charge in [-0.05, 0) is 225 Å². The molecule has 104 heavy (non-hydrogen) atoms. The van der Waals surface area contributed by atoms with Gasteiger partial charge < -0.3 is 108 Å². The third-order valence-corrected chi connectivity index (χ3v) is 49.7. The third kappa shape index (κ3) is 40.8. The van der Waals surface area contributed by atoms with Crippen LogP contribution in [0.2, 0.25) is 0 Å². The molecule has 0 radical (unpaired) electrons. The van der Waals surface area contributed by atoms with Crippen molar-refractivity contribution in [3.05, 3.63) is 178 Å². The van der Waals surface area contributed by atoms with Gasteiger partial charge in [-0.15, -0.1) is 68.0 Å². The summed E-state index contributed by atoms with van der Waals surface area (Å²) in [6.07, 6.45) is 16.2. The Morgan fingerprint density at radius 1 is 0.183 bits per heavy atom. The van der Waals surface area contributed by atoms with Gasteiger partial charge in [-0.2, -0.15) is 0 Å². The zero-order chi connectivity index (χ0) is 64.0. The van der Waals surface area contributed by atoms with Gasteiger partial charge in [0.1, 0.15) is 27.7 Å². The first-order valence-electron chi connectivity index (χ1n) is 32.0. The van der Waals surface area contributed by atoms with Gasteiger partial charge in [-0.25, -0.2) is 0 Å². The van der Waals surface area contributed by atoms with Crippen LogP contribution in [0.15, 0.2) is 178 Å². The molecule has 0 unspecified atom stereocenters. The van der Waals surface area contributed by atoms with Crippen molar-refractivity contribution >= 4 is 319 Å². The average molecular weight is 2890 g/mol. The standard InChI is InChI=1S/6C12H15PS2.8S.6W/c6*1-3-13(4-2)12-8-7-11(15-12)10-6-5-9-14-10;;;;;;;;;;;;;;/h6*5-9H,3-4H2,1-2H3;;;;;;;;;;;;;;/q;;;;;;8*-2;;;;;2*+2/p+6. The van der Waals surface area contributed by atoms with Gasteiger partial charge in [-0.3, -0.25) is 0 Å². The van der Waals surface area contributed by atoms with Gasteiger partial charge in [0.15, 0.2) is 0 Å². The van der Waals surface area contributed by atoms with Gasteiger partial charge >= 0.3 is 42.1 Å². The van der Waals surface area contributed by atoms with E-state index in [1.807, 2.05) is 136 Å². The van der Waals surface area contributed by atoms with Crippen molar-refractivity contribution in [1.29, 1.82) is 0 Å². The molecule has 0 nitrogen and oxygen atoms in total. The molecule has 0 saturated carbocycles. The summed E-state index contributed by atoms with van der Waals surface area (Å²) in [5.74, 6) is 0. The minimum atomic E-state index is -0.247. The van der Waals surface area contributed by atoms with E-state index in [4.69, 9.17) is 0 Å². The van der Waals surface area contributed by atoms with E-state index < -0.39 is 0 Å². The normalized spacial score (nSPS) is 9.63. The molecule has 12 aromatic rings. The minimum Gasteiger partial charge on any atom is -2.00 e. The Morgan fingerprint density at radius 2 is 0.298 bits per heavy atom. The van der Waals surface area contributed by atoms with Crippen molar-refractivity contribution in [1.82, 2.24) is 0 Å². The fourth-order valence-corrected chi connectivity index (χ4v) is 39.4. The molecule has 0 fully saturated rings. The second kappa shape index (κ2) is 72.9. The molecule has 0 atom stereocenters. The average Bonchev–Trinajstić information content (AvgIpc) is 1.76. The smallest absolute Gasteiger partial charge is 2.00 e. The number of hydrogen-bond donors (Lipinski definition) is 0. The first-order chi connectivity index (χ1) is 44.1. The number of thiophene rings is 12. The van der Waals surface area contributed by atoms with E-state index >= 15 is 0 Å². The minimum absolute atomic E-state index is 0. The molecule has 0 aliphatic rings. The first kappa shape index (κ1) is 126. The van der Waals surface area contributed by atoms with Crippen LogP contribution in [0.5, 0.6) is 0 Å². The topological polar surface area (TPSA) is 0 Å². The van der Waals surface area contributed by atoms with Crippen molar-refractivity contribution in [3.8, 4) is 58.5 Å². The summed E-state index contributed by atoms with van der Waals surface area (Å²) >= 11 is 23.0. The molecule has 0 saturated heterocycles. The molecule has 576 valence electrons. The van der Waals surface area contributed by atoms with Crippen LogP contribution in [0.1, 0.15) is 83.1 Å². The Kier molecular flexibility index (Phi) is 88.0. The molecule has 0 N–H and O–H groups in total. The van der Waals surface area contributed by atoms with Crippen LogP contribution in [0.25, 0.3) is 58.5 Å². The summed E-state index contributed by atoms with van der Waals surface area (Å²) in [5, 5.41) is 12.9. The molecule has 0 aliphatic carbocycles. The summed E-state index contributed by atoms with van der Waals surface area (Å²) < 4.78 is 9.88. The molecular weight excluding hydrogens is 2800 g/mol. The molecular formula is C72H96P6S20W6-6. The molecule has 32 heteroatoms. The second-order valence-corrected chi connectivity index (χ2v) is 54.0. The van der Waals surface area contributed by atoms with E-state index in [2.05, 4.69) is 261 Å². The van der Waals surface area contributed by atoms with E-state index in [0.29, 0.717) is 0 Å². The van der Waals surface area contributed by atoms with Crippen molar-refractivity contribution in [2.75, 3.05) is 73.9 Å². The second-order valence-electron chi connectivity index (χ2n) is 20.7. The van der Waals surface area contributed by atoms with Crippen molar-refractivity contribution in [2.45, 2.75) is 83.1 Å². The van der Waals surface area contributed by atoms with E-state index in [1.54, 1.807) is 27.7 Å². The fraction of sp³-hybridized carbons (Fsp3) is 0.333. The zero-order valence-corrected chi connectivity index (χ0v) is 100. The molecule has 0 aliphatic heterocycles. The maximum absolute atomic E-state index is 2.35. The van der Waals surface area contributed by atoms with E-state index in [0.717, 1.165) is 0 Å². The monoisotopic (exact) mass is 2890 g/mol. The predicted octanol–water partition coefficient (Wildman–Crippen LogP) is 26.1. The van der Waals surface area contributed by atoms with Crippen LogP contribution in [0, 0.1) is 0 Å². The summed E-state index contributed by atoms with van der Waals surface area (Å²) in [4.78, 5) is 17.2. The summed E-state index contributed by atoms with van der Waals surface area (Å²) in [7, 11) is -1.48. The van der Waals surface area contributed by atoms with Crippen LogP contribution >= 0.6 is 184 Å². The Bertz CT molecular complexity index is 3070. The zero-order valence-electron chi connectivity index (χ0n) is 60.4. The van der Waals surface area contributed by atoms with E-state index in [-0.39, 0.29) is 282 Å². The van der Waals surface area contributed by atoms with Crippen LogP contribution in [-0.4, -0.2) is 73.9 Å². The van der Waals surface area contributed by atoms with Crippen LogP contribution in [0.3, 0.4) is 0 Å². The van der Waals surface area contributed by atoms with Gasteiger partial charge in [0.25, 0.3) is 0 Å². The summed E-state index contributed by atoms with van der Waals surface area (Å²) in [6, 6.07) is 53.9. The molecule has 12 aromatic heterocycles. The molecule has 0 aromatic carbocycles. The quantitative estimate of drug-likeness (QED) is 0.0529. The molecule has 12 rings (SSSR count). The summed E-state index contributed by atoms with van der Waals surface area (Å²) in [5.41, 5.74) is 0. The van der Waals surface area contributed by atoms with Crippen LogP contribution in [0.4, 0.5) is 0 Å².